The third-order valence-corrected chi connectivity index (χ3v) is 5.76. The Morgan fingerprint density at radius 2 is 1.58 bits per heavy atom. The fourth-order valence-corrected chi connectivity index (χ4v) is 4.52. The molecule has 0 aliphatic carbocycles. The molecule has 0 unspecified atom stereocenters. The second-order valence-electron chi connectivity index (χ2n) is 7.71. The van der Waals surface area contributed by atoms with E-state index in [1.165, 1.54) is 39.2 Å². The summed E-state index contributed by atoms with van der Waals surface area (Å²) in [5.74, 6) is 0. The third-order valence-electron chi connectivity index (χ3n) is 5.76. The van der Waals surface area contributed by atoms with Crippen molar-refractivity contribution in [3.05, 3.63) is 94.5 Å². The smallest absolute Gasteiger partial charge is 0.0912 e. The Balaban J connectivity index is 1.65. The summed E-state index contributed by atoms with van der Waals surface area (Å²) in [5.41, 5.74) is 9.80. The molecule has 26 heavy (non-hydrogen) atoms. The number of benzene rings is 3. The van der Waals surface area contributed by atoms with Crippen molar-refractivity contribution >= 4 is 11.4 Å². The first-order valence-electron chi connectivity index (χ1n) is 9.44. The molecule has 2 aliphatic heterocycles. The molecular weight excluding hydrogens is 316 g/mol. The van der Waals surface area contributed by atoms with E-state index in [1.54, 1.807) is 0 Å². The Kier molecular flexibility index (Phi) is 3.53. The van der Waals surface area contributed by atoms with E-state index >= 15 is 0 Å². The molecule has 0 saturated heterocycles. The van der Waals surface area contributed by atoms with Gasteiger partial charge < -0.3 is 9.80 Å². The Labute approximate surface area is 155 Å². The van der Waals surface area contributed by atoms with Crippen LogP contribution < -0.4 is 9.80 Å². The molecule has 2 nitrogen and oxygen atoms in total. The average Bonchev–Trinajstić information content (AvgIpc) is 2.65. The first-order chi connectivity index (χ1) is 12.7. The Hall–Kier alpha value is -2.74. The molecule has 2 heterocycles. The van der Waals surface area contributed by atoms with E-state index in [9.17, 15) is 0 Å². The Morgan fingerprint density at radius 1 is 0.846 bits per heavy atom. The summed E-state index contributed by atoms with van der Waals surface area (Å²) in [7, 11) is 0. The summed E-state index contributed by atoms with van der Waals surface area (Å²) in [4.78, 5) is 5.13. The van der Waals surface area contributed by atoms with Crippen LogP contribution in [0.15, 0.2) is 66.7 Å². The minimum atomic E-state index is 0.380. The molecule has 0 spiro atoms. The summed E-state index contributed by atoms with van der Waals surface area (Å²) < 4.78 is 0. The van der Waals surface area contributed by atoms with Gasteiger partial charge in [-0.25, -0.2) is 0 Å². The van der Waals surface area contributed by atoms with Crippen molar-refractivity contribution in [1.29, 1.82) is 0 Å². The van der Waals surface area contributed by atoms with Crippen LogP contribution in [0.5, 0.6) is 0 Å². The number of hydrogen-bond donors (Lipinski definition) is 0. The van der Waals surface area contributed by atoms with Crippen LogP contribution in [-0.2, 0) is 13.0 Å². The molecule has 3 aromatic rings. The first kappa shape index (κ1) is 15.5. The molecule has 0 N–H and O–H groups in total. The highest BCUT2D eigenvalue weighted by molar-refractivity contribution is 5.70. The van der Waals surface area contributed by atoms with E-state index in [4.69, 9.17) is 0 Å². The predicted molar refractivity (Wildman–Crippen MR) is 109 cm³/mol. The highest BCUT2D eigenvalue weighted by Crippen LogP contribution is 2.45. The van der Waals surface area contributed by atoms with Crippen LogP contribution in [0, 0.1) is 13.8 Å². The van der Waals surface area contributed by atoms with Crippen LogP contribution in [0.4, 0.5) is 11.4 Å². The van der Waals surface area contributed by atoms with E-state index in [0.717, 1.165) is 19.6 Å². The number of rotatable bonds is 2. The maximum Gasteiger partial charge on any atom is 0.0912 e. The number of hydrogen-bond acceptors (Lipinski definition) is 2. The molecule has 130 valence electrons. The molecule has 2 aliphatic rings. The summed E-state index contributed by atoms with van der Waals surface area (Å²) in [5, 5.41) is 0. The number of aryl methyl sites for hydroxylation is 2. The number of fused-ring (bicyclic) bond motifs is 6. The van der Waals surface area contributed by atoms with Gasteiger partial charge in [0.15, 0.2) is 0 Å². The molecule has 0 radical (unpaired) electrons. The van der Waals surface area contributed by atoms with Crippen molar-refractivity contribution in [2.75, 3.05) is 16.5 Å². The molecule has 0 fully saturated rings. The van der Waals surface area contributed by atoms with Gasteiger partial charge in [-0.05, 0) is 49.1 Å². The SMILES string of the molecule is Cc1ccc2c(c1)CN1CN2[C@@H](Cc2ccccc2)c2cc(C)ccc21. The lowest BCUT2D eigenvalue weighted by Crippen LogP contribution is -2.49. The van der Waals surface area contributed by atoms with Gasteiger partial charge in [0.2, 0.25) is 0 Å². The van der Waals surface area contributed by atoms with Crippen LogP contribution in [-0.4, -0.2) is 6.67 Å². The molecule has 0 saturated carbocycles. The zero-order chi connectivity index (χ0) is 17.7. The first-order valence-corrected chi connectivity index (χ1v) is 9.44. The molecule has 2 bridgehead atoms. The number of anilines is 2. The van der Waals surface area contributed by atoms with Crippen molar-refractivity contribution in [1.82, 2.24) is 0 Å². The Morgan fingerprint density at radius 3 is 2.38 bits per heavy atom. The minimum Gasteiger partial charge on any atom is -0.349 e. The third kappa shape index (κ3) is 2.48. The highest BCUT2D eigenvalue weighted by atomic mass is 15.4. The lowest BCUT2D eigenvalue weighted by Gasteiger charge is -2.49. The monoisotopic (exact) mass is 340 g/mol. The van der Waals surface area contributed by atoms with Crippen molar-refractivity contribution in [2.45, 2.75) is 32.9 Å². The van der Waals surface area contributed by atoms with Crippen molar-refractivity contribution in [2.24, 2.45) is 0 Å². The average molecular weight is 340 g/mol. The van der Waals surface area contributed by atoms with Gasteiger partial charge in [-0.1, -0.05) is 65.7 Å². The van der Waals surface area contributed by atoms with Crippen molar-refractivity contribution in [3.8, 4) is 0 Å². The molecule has 0 aromatic heterocycles. The fraction of sp³-hybridized carbons (Fsp3) is 0.250. The molecule has 3 aromatic carbocycles. The van der Waals surface area contributed by atoms with Crippen LogP contribution >= 0.6 is 0 Å². The Bertz CT molecular complexity index is 961. The van der Waals surface area contributed by atoms with E-state index in [0.29, 0.717) is 6.04 Å². The molecule has 5 rings (SSSR count). The van der Waals surface area contributed by atoms with Gasteiger partial charge in [0, 0.05) is 17.9 Å². The van der Waals surface area contributed by atoms with Crippen molar-refractivity contribution in [3.63, 3.8) is 0 Å². The zero-order valence-electron chi connectivity index (χ0n) is 15.4. The van der Waals surface area contributed by atoms with Gasteiger partial charge in [0.25, 0.3) is 0 Å². The minimum absolute atomic E-state index is 0.380. The van der Waals surface area contributed by atoms with Gasteiger partial charge in [-0.3, -0.25) is 0 Å². The molecule has 2 heteroatoms. The lowest BCUT2D eigenvalue weighted by molar-refractivity contribution is 0.546. The van der Waals surface area contributed by atoms with Gasteiger partial charge in [-0.15, -0.1) is 0 Å². The van der Waals surface area contributed by atoms with Gasteiger partial charge in [-0.2, -0.15) is 0 Å². The topological polar surface area (TPSA) is 6.48 Å². The second-order valence-corrected chi connectivity index (χ2v) is 7.71. The van der Waals surface area contributed by atoms with Gasteiger partial charge in [0.1, 0.15) is 0 Å². The van der Waals surface area contributed by atoms with E-state index in [-0.39, 0.29) is 0 Å². The van der Waals surface area contributed by atoms with Crippen LogP contribution in [0.25, 0.3) is 0 Å². The number of nitrogens with zero attached hydrogens (tertiary/aromatic N) is 2. The van der Waals surface area contributed by atoms with E-state index < -0.39 is 0 Å². The maximum atomic E-state index is 2.60. The van der Waals surface area contributed by atoms with E-state index in [2.05, 4.69) is 90.4 Å². The van der Waals surface area contributed by atoms with Gasteiger partial charge in [0.05, 0.1) is 12.7 Å². The van der Waals surface area contributed by atoms with Crippen LogP contribution in [0.2, 0.25) is 0 Å². The molecule has 1 atom stereocenters. The quantitative estimate of drug-likeness (QED) is 0.617. The largest absolute Gasteiger partial charge is 0.349 e. The maximum absolute atomic E-state index is 2.60. The predicted octanol–water partition coefficient (Wildman–Crippen LogP) is 5.38. The highest BCUT2D eigenvalue weighted by Gasteiger charge is 2.36. The fourth-order valence-electron chi connectivity index (χ4n) is 4.52. The summed E-state index contributed by atoms with van der Waals surface area (Å²) in [6.07, 6.45) is 1.04. The van der Waals surface area contributed by atoms with Crippen LogP contribution in [0.1, 0.15) is 33.9 Å². The van der Waals surface area contributed by atoms with Gasteiger partial charge >= 0.3 is 0 Å². The summed E-state index contributed by atoms with van der Waals surface area (Å²) >= 11 is 0. The van der Waals surface area contributed by atoms with Crippen molar-refractivity contribution < 1.29 is 0 Å². The molecular formula is C24H24N2. The van der Waals surface area contributed by atoms with E-state index in [1.807, 2.05) is 0 Å². The summed E-state index contributed by atoms with van der Waals surface area (Å²) in [6.45, 7) is 6.37. The second kappa shape index (κ2) is 5.91. The lowest BCUT2D eigenvalue weighted by atomic mass is 9.89. The van der Waals surface area contributed by atoms with Crippen LogP contribution in [0.3, 0.4) is 0 Å². The normalized spacial score (nSPS) is 17.7. The zero-order valence-corrected chi connectivity index (χ0v) is 15.4. The molecule has 0 amide bonds. The summed E-state index contributed by atoms with van der Waals surface area (Å²) in [6, 6.07) is 25.2. The standard InChI is InChI=1S/C24H24N2/c1-17-8-10-22-20(12-17)15-25-16-26(22)24(14-19-6-4-3-5-7-19)21-13-18(2)9-11-23(21)25/h3-13,24H,14-16H2,1-2H3/t24-/m0/s1.